The molecule has 3 amide bonds. The van der Waals surface area contributed by atoms with Gasteiger partial charge < -0.3 is 14.8 Å². The van der Waals surface area contributed by atoms with Crippen LogP contribution in [0.3, 0.4) is 0 Å². The van der Waals surface area contributed by atoms with Crippen LogP contribution in [0.15, 0.2) is 0 Å². The quantitative estimate of drug-likeness (QED) is 0.787. The molecule has 0 bridgehead atoms. The van der Waals surface area contributed by atoms with Crippen LogP contribution in [0.2, 0.25) is 0 Å². The predicted molar refractivity (Wildman–Crippen MR) is 105 cm³/mol. The summed E-state index contributed by atoms with van der Waals surface area (Å²) in [5, 5.41) is 15.1. The number of rotatable bonds is 4. The van der Waals surface area contributed by atoms with E-state index in [-0.39, 0.29) is 24.7 Å². The Bertz CT molecular complexity index is 741. The molecule has 2 N–H and O–H groups in total. The number of anilines is 1. The van der Waals surface area contributed by atoms with E-state index in [9.17, 15) is 9.59 Å². The number of hydrogen-bond acceptors (Lipinski definition) is 7. The SMILES string of the molecule is C[C@H]1OC(C)(C)N(C(=O)OC(C)(C)C)[C@H]1CNC(=O)Nc1nnc(C2CC2)s1. The molecule has 1 aliphatic carbocycles. The van der Waals surface area contributed by atoms with Crippen molar-refractivity contribution in [2.75, 3.05) is 11.9 Å². The molecule has 1 saturated carbocycles. The fraction of sp³-hybridized carbons (Fsp3) is 0.778. The first-order valence-electron chi connectivity index (χ1n) is 9.54. The van der Waals surface area contributed by atoms with Crippen molar-refractivity contribution in [3.05, 3.63) is 5.01 Å². The van der Waals surface area contributed by atoms with Crippen LogP contribution in [0.4, 0.5) is 14.7 Å². The maximum absolute atomic E-state index is 12.7. The number of carbonyl (C=O) groups is 2. The molecule has 28 heavy (non-hydrogen) atoms. The van der Waals surface area contributed by atoms with E-state index < -0.39 is 17.4 Å². The molecule has 0 unspecified atom stereocenters. The number of aromatic nitrogens is 2. The molecule has 1 aromatic rings. The molecule has 3 rings (SSSR count). The maximum Gasteiger partial charge on any atom is 0.412 e. The van der Waals surface area contributed by atoms with Crippen molar-refractivity contribution in [1.29, 1.82) is 0 Å². The lowest BCUT2D eigenvalue weighted by Gasteiger charge is -2.35. The van der Waals surface area contributed by atoms with E-state index in [1.807, 2.05) is 41.5 Å². The molecular formula is C18H29N5O4S. The van der Waals surface area contributed by atoms with Crippen molar-refractivity contribution in [2.24, 2.45) is 0 Å². The minimum Gasteiger partial charge on any atom is -0.444 e. The summed E-state index contributed by atoms with van der Waals surface area (Å²) >= 11 is 1.40. The van der Waals surface area contributed by atoms with Gasteiger partial charge in [-0.2, -0.15) is 0 Å². The molecule has 10 heteroatoms. The van der Waals surface area contributed by atoms with Crippen LogP contribution < -0.4 is 10.6 Å². The summed E-state index contributed by atoms with van der Waals surface area (Å²) in [6.45, 7) is 11.2. The molecule has 1 aromatic heterocycles. The van der Waals surface area contributed by atoms with Crippen LogP contribution in [-0.2, 0) is 9.47 Å². The minimum atomic E-state index is -0.830. The number of carbonyl (C=O) groups excluding carboxylic acids is 2. The molecule has 2 fully saturated rings. The highest BCUT2D eigenvalue weighted by atomic mass is 32.1. The smallest absolute Gasteiger partial charge is 0.412 e. The molecule has 0 spiro atoms. The van der Waals surface area contributed by atoms with Crippen molar-refractivity contribution < 1.29 is 19.1 Å². The van der Waals surface area contributed by atoms with Crippen molar-refractivity contribution in [3.63, 3.8) is 0 Å². The Balaban J connectivity index is 1.59. The van der Waals surface area contributed by atoms with Gasteiger partial charge in [0.25, 0.3) is 0 Å². The highest BCUT2D eigenvalue weighted by Gasteiger charge is 2.49. The van der Waals surface area contributed by atoms with E-state index in [1.54, 1.807) is 4.90 Å². The molecule has 2 heterocycles. The largest absolute Gasteiger partial charge is 0.444 e. The third-order valence-electron chi connectivity index (χ3n) is 4.58. The molecule has 156 valence electrons. The average Bonchev–Trinajstić information content (AvgIpc) is 3.23. The number of nitrogens with zero attached hydrogens (tertiary/aromatic N) is 3. The zero-order valence-electron chi connectivity index (χ0n) is 17.2. The first-order valence-corrected chi connectivity index (χ1v) is 10.4. The Labute approximate surface area is 169 Å². The third kappa shape index (κ3) is 4.91. The summed E-state index contributed by atoms with van der Waals surface area (Å²) in [5.74, 6) is 0.497. The number of nitrogens with one attached hydrogen (secondary N) is 2. The van der Waals surface area contributed by atoms with Gasteiger partial charge in [-0.05, 0) is 54.4 Å². The summed E-state index contributed by atoms with van der Waals surface area (Å²) < 4.78 is 11.5. The Kier molecular flexibility index (Phi) is 5.55. The van der Waals surface area contributed by atoms with E-state index >= 15 is 0 Å². The Hall–Kier alpha value is -1.94. The van der Waals surface area contributed by atoms with Gasteiger partial charge in [-0.1, -0.05) is 11.3 Å². The summed E-state index contributed by atoms with van der Waals surface area (Å²) in [6, 6.07) is -0.744. The van der Waals surface area contributed by atoms with Crippen LogP contribution in [0.25, 0.3) is 0 Å². The van der Waals surface area contributed by atoms with E-state index in [1.165, 1.54) is 11.3 Å². The monoisotopic (exact) mass is 411 g/mol. The standard InChI is InChI=1S/C18H29N5O4S/c1-10-12(23(18(5,6)26-10)16(25)27-17(2,3)4)9-19-14(24)20-15-22-21-13(28-15)11-7-8-11/h10-12H,7-9H2,1-6H3,(H2,19,20,22,24)/t10-,12+/m1/s1. The first kappa shape index (κ1) is 20.8. The molecule has 2 atom stereocenters. The predicted octanol–water partition coefficient (Wildman–Crippen LogP) is 3.30. The van der Waals surface area contributed by atoms with E-state index in [0.29, 0.717) is 11.0 Å². The highest BCUT2D eigenvalue weighted by Crippen LogP contribution is 2.42. The van der Waals surface area contributed by atoms with Crippen molar-refractivity contribution in [1.82, 2.24) is 20.4 Å². The summed E-state index contributed by atoms with van der Waals surface area (Å²) in [7, 11) is 0. The van der Waals surface area contributed by atoms with Gasteiger partial charge in [-0.25, -0.2) is 9.59 Å². The lowest BCUT2D eigenvalue weighted by molar-refractivity contribution is -0.0756. The highest BCUT2D eigenvalue weighted by molar-refractivity contribution is 7.15. The van der Waals surface area contributed by atoms with Crippen molar-refractivity contribution >= 4 is 28.6 Å². The van der Waals surface area contributed by atoms with Crippen LogP contribution in [-0.4, -0.2) is 57.2 Å². The fourth-order valence-corrected chi connectivity index (χ4v) is 4.15. The number of urea groups is 1. The molecule has 1 aliphatic heterocycles. The third-order valence-corrected chi connectivity index (χ3v) is 5.58. The lowest BCUT2D eigenvalue weighted by atomic mass is 10.1. The van der Waals surface area contributed by atoms with Gasteiger partial charge in [-0.3, -0.25) is 10.2 Å². The van der Waals surface area contributed by atoms with E-state index in [4.69, 9.17) is 9.47 Å². The topological polar surface area (TPSA) is 106 Å². The van der Waals surface area contributed by atoms with E-state index in [2.05, 4.69) is 20.8 Å². The molecule has 1 saturated heterocycles. The van der Waals surface area contributed by atoms with Gasteiger partial charge in [-0.15, -0.1) is 10.2 Å². The second kappa shape index (κ2) is 7.47. The first-order chi connectivity index (χ1) is 13.0. The molecule has 9 nitrogen and oxygen atoms in total. The van der Waals surface area contributed by atoms with Crippen LogP contribution in [0, 0.1) is 0 Å². The van der Waals surface area contributed by atoms with Gasteiger partial charge in [0.2, 0.25) is 5.13 Å². The number of amides is 3. The summed E-state index contributed by atoms with van der Waals surface area (Å²) in [4.78, 5) is 26.6. The van der Waals surface area contributed by atoms with Gasteiger partial charge in [0.1, 0.15) is 16.3 Å². The second-order valence-electron chi connectivity index (χ2n) is 8.74. The van der Waals surface area contributed by atoms with E-state index in [0.717, 1.165) is 17.8 Å². The van der Waals surface area contributed by atoms with Gasteiger partial charge in [0.15, 0.2) is 0 Å². The zero-order valence-corrected chi connectivity index (χ0v) is 18.1. The second-order valence-corrected chi connectivity index (χ2v) is 9.75. The fourth-order valence-electron chi connectivity index (χ4n) is 3.24. The molecular weight excluding hydrogens is 382 g/mol. The van der Waals surface area contributed by atoms with Gasteiger partial charge in [0, 0.05) is 12.5 Å². The summed E-state index contributed by atoms with van der Waals surface area (Å²) in [6.07, 6.45) is 1.55. The van der Waals surface area contributed by atoms with Crippen molar-refractivity contribution in [3.8, 4) is 0 Å². The zero-order chi connectivity index (χ0) is 20.7. The van der Waals surface area contributed by atoms with Gasteiger partial charge >= 0.3 is 12.1 Å². The molecule has 0 radical (unpaired) electrons. The lowest BCUT2D eigenvalue weighted by Crippen LogP contribution is -2.53. The Morgan fingerprint density at radius 3 is 2.61 bits per heavy atom. The maximum atomic E-state index is 12.7. The number of hydrogen-bond donors (Lipinski definition) is 2. The normalized spacial score (nSPS) is 24.1. The molecule has 2 aliphatic rings. The van der Waals surface area contributed by atoms with Crippen LogP contribution in [0.5, 0.6) is 0 Å². The Morgan fingerprint density at radius 2 is 2.00 bits per heavy atom. The average molecular weight is 412 g/mol. The minimum absolute atomic E-state index is 0.226. The number of ether oxygens (including phenoxy) is 2. The van der Waals surface area contributed by atoms with Gasteiger partial charge in [0.05, 0.1) is 12.1 Å². The van der Waals surface area contributed by atoms with Crippen molar-refractivity contribution in [2.45, 2.75) is 83.8 Å². The summed E-state index contributed by atoms with van der Waals surface area (Å²) in [5.41, 5.74) is -1.45. The van der Waals surface area contributed by atoms with Crippen LogP contribution in [0.1, 0.15) is 65.3 Å². The van der Waals surface area contributed by atoms with Crippen LogP contribution >= 0.6 is 11.3 Å². The Morgan fingerprint density at radius 1 is 1.32 bits per heavy atom. The molecule has 0 aromatic carbocycles.